The molecule has 4 nitrogen and oxygen atoms in total. The second kappa shape index (κ2) is 4.61. The summed E-state index contributed by atoms with van der Waals surface area (Å²) in [5.41, 5.74) is -0.266. The van der Waals surface area contributed by atoms with E-state index in [1.807, 2.05) is 17.7 Å². The van der Waals surface area contributed by atoms with Gasteiger partial charge in [-0.2, -0.15) is 0 Å². The largest absolute Gasteiger partial charge is 0.329 e. The molecule has 1 unspecified atom stereocenters. The first-order chi connectivity index (χ1) is 8.12. The summed E-state index contributed by atoms with van der Waals surface area (Å²) < 4.78 is 1.94. The minimum Gasteiger partial charge on any atom is -0.329 e. The molecule has 1 saturated heterocycles. The van der Waals surface area contributed by atoms with E-state index in [9.17, 15) is 4.79 Å². The average molecular weight is 235 g/mol. The van der Waals surface area contributed by atoms with Crippen LogP contribution in [0.15, 0.2) is 12.4 Å². The van der Waals surface area contributed by atoms with E-state index in [1.54, 1.807) is 6.20 Å². The predicted molar refractivity (Wildman–Crippen MR) is 67.0 cm³/mol. The van der Waals surface area contributed by atoms with Gasteiger partial charge in [-0.05, 0) is 25.8 Å². The molecule has 1 aliphatic rings. The predicted octanol–water partition coefficient (Wildman–Crippen LogP) is 1.72. The van der Waals surface area contributed by atoms with Crippen molar-refractivity contribution < 1.29 is 4.79 Å². The zero-order valence-electron chi connectivity index (χ0n) is 10.9. The molecule has 0 amide bonds. The Bertz CT molecular complexity index is 403. The highest BCUT2D eigenvalue weighted by atomic mass is 16.1. The highest BCUT2D eigenvalue weighted by Crippen LogP contribution is 2.37. The number of nitrogens with one attached hydrogen (secondary N) is 1. The summed E-state index contributed by atoms with van der Waals surface area (Å²) in [6.07, 6.45) is 4.51. The van der Waals surface area contributed by atoms with E-state index in [4.69, 9.17) is 0 Å². The number of aryl methyl sites for hydroxylation is 1. The summed E-state index contributed by atoms with van der Waals surface area (Å²) >= 11 is 0. The van der Waals surface area contributed by atoms with Crippen molar-refractivity contribution in [2.24, 2.45) is 11.3 Å². The maximum Gasteiger partial charge on any atom is 0.205 e. The van der Waals surface area contributed by atoms with Gasteiger partial charge < -0.3 is 9.88 Å². The number of Topliss-reactive ketones (excluding diaryl/α,β-unsaturated/α-hetero) is 1. The molecule has 2 rings (SSSR count). The molecule has 0 spiro atoms. The van der Waals surface area contributed by atoms with E-state index < -0.39 is 0 Å². The number of aromatic nitrogens is 2. The number of ketones is 1. The van der Waals surface area contributed by atoms with Crippen LogP contribution in [-0.4, -0.2) is 28.4 Å². The number of imidazole rings is 1. The molecule has 0 radical (unpaired) electrons. The Kier molecular flexibility index (Phi) is 3.33. The van der Waals surface area contributed by atoms with Gasteiger partial charge in [0.05, 0.1) is 5.41 Å². The summed E-state index contributed by atoms with van der Waals surface area (Å²) in [4.78, 5) is 17.0. The van der Waals surface area contributed by atoms with Gasteiger partial charge in [0.25, 0.3) is 0 Å². The van der Waals surface area contributed by atoms with E-state index in [0.717, 1.165) is 26.1 Å². The van der Waals surface area contributed by atoms with Crippen LogP contribution in [0.5, 0.6) is 0 Å². The second-order valence-corrected chi connectivity index (χ2v) is 5.10. The van der Waals surface area contributed by atoms with Gasteiger partial charge in [0.1, 0.15) is 0 Å². The Balaban J connectivity index is 2.35. The highest BCUT2D eigenvalue weighted by molar-refractivity contribution is 5.98. The van der Waals surface area contributed by atoms with Gasteiger partial charge in [0, 0.05) is 25.5 Å². The van der Waals surface area contributed by atoms with Crippen molar-refractivity contribution in [3.8, 4) is 0 Å². The molecule has 1 aromatic heterocycles. The molecule has 17 heavy (non-hydrogen) atoms. The molecule has 94 valence electrons. The molecule has 1 atom stereocenters. The number of nitrogens with zero attached hydrogens (tertiary/aromatic N) is 2. The van der Waals surface area contributed by atoms with E-state index in [2.05, 4.69) is 24.1 Å². The summed E-state index contributed by atoms with van der Waals surface area (Å²) in [7, 11) is 0. The van der Waals surface area contributed by atoms with Crippen molar-refractivity contribution in [1.29, 1.82) is 0 Å². The molecule has 4 heteroatoms. The number of rotatable bonds is 4. The van der Waals surface area contributed by atoms with Crippen LogP contribution in [-0.2, 0) is 6.54 Å². The quantitative estimate of drug-likeness (QED) is 0.808. The van der Waals surface area contributed by atoms with Crippen LogP contribution >= 0.6 is 0 Å². The van der Waals surface area contributed by atoms with Gasteiger partial charge in [0.15, 0.2) is 5.82 Å². The lowest BCUT2D eigenvalue weighted by Gasteiger charge is -2.30. The van der Waals surface area contributed by atoms with Gasteiger partial charge >= 0.3 is 0 Å². The summed E-state index contributed by atoms with van der Waals surface area (Å²) in [6.45, 7) is 8.79. The first-order valence-electron chi connectivity index (χ1n) is 6.38. The first kappa shape index (κ1) is 12.3. The fourth-order valence-corrected chi connectivity index (χ4v) is 2.66. The molecule has 1 aromatic rings. The maximum absolute atomic E-state index is 12.7. The van der Waals surface area contributed by atoms with Crippen LogP contribution in [0.25, 0.3) is 0 Å². The summed E-state index contributed by atoms with van der Waals surface area (Å²) in [6, 6.07) is 0. The highest BCUT2D eigenvalue weighted by Gasteiger charge is 2.45. The van der Waals surface area contributed by atoms with Crippen LogP contribution in [0.4, 0.5) is 0 Å². The normalized spacial score (nSPS) is 24.5. The van der Waals surface area contributed by atoms with E-state index >= 15 is 0 Å². The molecule has 2 heterocycles. The van der Waals surface area contributed by atoms with E-state index in [-0.39, 0.29) is 11.2 Å². The second-order valence-electron chi connectivity index (χ2n) is 5.10. The maximum atomic E-state index is 12.7. The lowest BCUT2D eigenvalue weighted by atomic mass is 9.72. The Morgan fingerprint density at radius 1 is 1.65 bits per heavy atom. The molecule has 1 N–H and O–H groups in total. The Labute approximate surface area is 102 Å². The van der Waals surface area contributed by atoms with Gasteiger partial charge in [0.2, 0.25) is 5.78 Å². The van der Waals surface area contributed by atoms with Crippen LogP contribution < -0.4 is 5.32 Å². The number of carbonyl (C=O) groups is 1. The van der Waals surface area contributed by atoms with Crippen molar-refractivity contribution in [3.05, 3.63) is 18.2 Å². The van der Waals surface area contributed by atoms with E-state index in [1.165, 1.54) is 0 Å². The van der Waals surface area contributed by atoms with Crippen molar-refractivity contribution >= 4 is 5.78 Å². The fraction of sp³-hybridized carbons (Fsp3) is 0.692. The van der Waals surface area contributed by atoms with Crippen molar-refractivity contribution in [2.75, 3.05) is 13.1 Å². The van der Waals surface area contributed by atoms with Crippen molar-refractivity contribution in [3.63, 3.8) is 0 Å². The van der Waals surface area contributed by atoms with Gasteiger partial charge in [-0.3, -0.25) is 4.79 Å². The van der Waals surface area contributed by atoms with Gasteiger partial charge in [-0.25, -0.2) is 4.98 Å². The zero-order chi connectivity index (χ0) is 12.5. The molecule has 0 aromatic carbocycles. The van der Waals surface area contributed by atoms with Crippen LogP contribution in [0.3, 0.4) is 0 Å². The number of carbonyl (C=O) groups excluding carboxylic acids is 1. The minimum absolute atomic E-state index is 0.198. The Morgan fingerprint density at radius 2 is 2.41 bits per heavy atom. The van der Waals surface area contributed by atoms with Gasteiger partial charge in [-0.1, -0.05) is 13.8 Å². The zero-order valence-corrected chi connectivity index (χ0v) is 10.9. The third kappa shape index (κ3) is 1.90. The minimum atomic E-state index is -0.266. The van der Waals surface area contributed by atoms with Crippen LogP contribution in [0, 0.1) is 11.3 Å². The topological polar surface area (TPSA) is 46.9 Å². The Hall–Kier alpha value is -1.16. The molecule has 0 aliphatic carbocycles. The average Bonchev–Trinajstić information content (AvgIpc) is 2.97. The monoisotopic (exact) mass is 235 g/mol. The Morgan fingerprint density at radius 3 is 2.94 bits per heavy atom. The smallest absolute Gasteiger partial charge is 0.205 e. The number of hydrogen-bond donors (Lipinski definition) is 1. The van der Waals surface area contributed by atoms with Crippen molar-refractivity contribution in [1.82, 2.24) is 14.9 Å². The number of hydrogen-bond acceptors (Lipinski definition) is 3. The third-order valence-electron chi connectivity index (χ3n) is 4.00. The lowest BCUT2D eigenvalue weighted by molar-refractivity contribution is 0.0723. The molecule has 1 fully saturated rings. The van der Waals surface area contributed by atoms with Crippen LogP contribution in [0.2, 0.25) is 0 Å². The van der Waals surface area contributed by atoms with E-state index in [0.29, 0.717) is 11.7 Å². The first-order valence-corrected chi connectivity index (χ1v) is 6.38. The van der Waals surface area contributed by atoms with Crippen molar-refractivity contribution in [2.45, 2.75) is 33.7 Å². The van der Waals surface area contributed by atoms with Crippen LogP contribution in [0.1, 0.15) is 37.8 Å². The molecular weight excluding hydrogens is 214 g/mol. The molecule has 0 bridgehead atoms. The summed E-state index contributed by atoms with van der Waals surface area (Å²) in [5.74, 6) is 1.15. The molecule has 0 saturated carbocycles. The fourth-order valence-electron chi connectivity index (χ4n) is 2.66. The SMILES string of the molecule is CCn1ccnc1C(=O)C1(C(C)C)CCNC1. The third-order valence-corrected chi connectivity index (χ3v) is 4.00. The summed E-state index contributed by atoms with van der Waals surface area (Å²) in [5, 5.41) is 3.32. The molecule has 1 aliphatic heterocycles. The molecular formula is C13H21N3O. The van der Waals surface area contributed by atoms with Gasteiger partial charge in [-0.15, -0.1) is 0 Å². The lowest BCUT2D eigenvalue weighted by Crippen LogP contribution is -2.39. The standard InChI is InChI=1S/C13H21N3O/c1-4-16-8-7-15-12(16)11(17)13(10(2)3)5-6-14-9-13/h7-8,10,14H,4-6,9H2,1-3H3.